The number of carboxylic acid groups (broad SMARTS) is 1. The van der Waals surface area contributed by atoms with Gasteiger partial charge in [0.25, 0.3) is 0 Å². The van der Waals surface area contributed by atoms with E-state index < -0.39 is 12.1 Å². The molecule has 2 atom stereocenters. The van der Waals surface area contributed by atoms with Crippen LogP contribution < -0.4 is 10.6 Å². The number of aliphatic carboxylic acids is 1. The summed E-state index contributed by atoms with van der Waals surface area (Å²) in [5.74, 6) is -1.44. The molecular weight excluding hydrogens is 448 g/mol. The number of anilines is 1. The Labute approximate surface area is 202 Å². The Morgan fingerprint density at radius 1 is 1.03 bits per heavy atom. The van der Waals surface area contributed by atoms with E-state index in [1.165, 1.54) is 28.2 Å². The number of aromatic nitrogens is 2. The number of carbonyl (C=O) groups excluding carboxylic acids is 2. The summed E-state index contributed by atoms with van der Waals surface area (Å²) in [7, 11) is 0. The number of carboxylic acids is 1. The summed E-state index contributed by atoms with van der Waals surface area (Å²) in [6, 6.07) is 16.2. The maximum absolute atomic E-state index is 12.6. The number of benzene rings is 2. The first-order valence-electron chi connectivity index (χ1n) is 11.6. The fourth-order valence-corrected chi connectivity index (χ4v) is 5.05. The highest BCUT2D eigenvalue weighted by molar-refractivity contribution is 5.92. The predicted octanol–water partition coefficient (Wildman–Crippen LogP) is 3.61. The lowest BCUT2D eigenvalue weighted by molar-refractivity contribution is -0.137. The van der Waals surface area contributed by atoms with E-state index in [-0.39, 0.29) is 36.9 Å². The van der Waals surface area contributed by atoms with Crippen molar-refractivity contribution in [1.82, 2.24) is 15.1 Å². The molecule has 9 nitrogen and oxygen atoms in total. The summed E-state index contributed by atoms with van der Waals surface area (Å²) in [6.45, 7) is -0.0255. The lowest BCUT2D eigenvalue weighted by Gasteiger charge is -2.17. The molecule has 1 aromatic heterocycles. The van der Waals surface area contributed by atoms with Gasteiger partial charge < -0.3 is 20.5 Å². The Kier molecular flexibility index (Phi) is 6.22. The van der Waals surface area contributed by atoms with Crippen molar-refractivity contribution in [1.29, 1.82) is 0 Å². The van der Waals surface area contributed by atoms with Crippen LogP contribution in [0.3, 0.4) is 0 Å². The largest absolute Gasteiger partial charge is 0.480 e. The molecule has 0 saturated heterocycles. The van der Waals surface area contributed by atoms with E-state index in [1.807, 2.05) is 24.3 Å². The standard InChI is InChI=1S/C26H26N4O5/c31-24(32)14-30-13-18(12-27-30)28-25(33)16-9-10-17(11-16)29-26(34)35-15-23-21-7-3-1-5-19(21)20-6-2-4-8-22(20)23/h1-8,12-13,16-17,23H,9-11,14-15H2,(H,28,33)(H,29,34)(H,31,32). The van der Waals surface area contributed by atoms with Crippen LogP contribution in [0.25, 0.3) is 11.1 Å². The number of amides is 2. The minimum Gasteiger partial charge on any atom is -0.480 e. The van der Waals surface area contributed by atoms with Gasteiger partial charge in [0.1, 0.15) is 13.2 Å². The van der Waals surface area contributed by atoms with Crippen molar-refractivity contribution in [2.24, 2.45) is 5.92 Å². The van der Waals surface area contributed by atoms with Crippen LogP contribution in [-0.2, 0) is 20.9 Å². The third-order valence-corrected chi connectivity index (χ3v) is 6.67. The molecule has 3 aromatic rings. The molecule has 5 rings (SSSR count). The molecule has 2 unspecified atom stereocenters. The van der Waals surface area contributed by atoms with E-state index in [0.717, 1.165) is 11.1 Å². The van der Waals surface area contributed by atoms with Crippen LogP contribution >= 0.6 is 0 Å². The van der Waals surface area contributed by atoms with Crippen LogP contribution in [0, 0.1) is 5.92 Å². The van der Waals surface area contributed by atoms with Crippen LogP contribution in [0.4, 0.5) is 10.5 Å². The average molecular weight is 475 g/mol. The summed E-state index contributed by atoms with van der Waals surface area (Å²) >= 11 is 0. The maximum atomic E-state index is 12.6. The number of hydrogen-bond donors (Lipinski definition) is 3. The minimum absolute atomic E-state index is 0.00250. The molecule has 1 fully saturated rings. The Hall–Kier alpha value is -4.14. The van der Waals surface area contributed by atoms with Gasteiger partial charge in [0.15, 0.2) is 0 Å². The Balaban J connectivity index is 1.12. The van der Waals surface area contributed by atoms with E-state index in [1.54, 1.807) is 0 Å². The van der Waals surface area contributed by atoms with Crippen molar-refractivity contribution in [3.63, 3.8) is 0 Å². The lowest BCUT2D eigenvalue weighted by Crippen LogP contribution is -2.35. The molecule has 0 spiro atoms. The first-order chi connectivity index (χ1) is 17.0. The molecule has 2 aliphatic rings. The summed E-state index contributed by atoms with van der Waals surface area (Å²) in [4.78, 5) is 35.9. The van der Waals surface area contributed by atoms with Crippen molar-refractivity contribution < 1.29 is 24.2 Å². The number of ether oxygens (including phenoxy) is 1. The number of carbonyl (C=O) groups is 3. The Morgan fingerprint density at radius 2 is 1.71 bits per heavy atom. The summed E-state index contributed by atoms with van der Waals surface area (Å²) in [5.41, 5.74) is 5.12. The van der Waals surface area contributed by atoms with Gasteiger partial charge in [-0.05, 0) is 41.5 Å². The summed E-state index contributed by atoms with van der Waals surface area (Å²) in [5, 5.41) is 18.4. The molecule has 3 N–H and O–H groups in total. The lowest BCUT2D eigenvalue weighted by atomic mass is 9.98. The second-order valence-electron chi connectivity index (χ2n) is 8.99. The zero-order valence-corrected chi connectivity index (χ0v) is 19.0. The topological polar surface area (TPSA) is 123 Å². The van der Waals surface area contributed by atoms with Gasteiger partial charge in [-0.15, -0.1) is 0 Å². The number of fused-ring (bicyclic) bond motifs is 3. The van der Waals surface area contributed by atoms with Crippen molar-refractivity contribution >= 4 is 23.7 Å². The van der Waals surface area contributed by atoms with Crippen LogP contribution in [0.5, 0.6) is 0 Å². The minimum atomic E-state index is -1.01. The molecule has 0 radical (unpaired) electrons. The first kappa shape index (κ1) is 22.6. The highest BCUT2D eigenvalue weighted by Gasteiger charge is 2.32. The highest BCUT2D eigenvalue weighted by atomic mass is 16.5. The summed E-state index contributed by atoms with van der Waals surface area (Å²) in [6.07, 6.45) is 4.26. The van der Waals surface area contributed by atoms with Crippen molar-refractivity contribution in [3.8, 4) is 11.1 Å². The third-order valence-electron chi connectivity index (χ3n) is 6.67. The number of rotatable bonds is 7. The fourth-order valence-electron chi connectivity index (χ4n) is 5.05. The number of nitrogens with zero attached hydrogens (tertiary/aromatic N) is 2. The van der Waals surface area contributed by atoms with Gasteiger partial charge in [-0.1, -0.05) is 48.5 Å². The molecule has 9 heteroatoms. The van der Waals surface area contributed by atoms with E-state index in [9.17, 15) is 14.4 Å². The second kappa shape index (κ2) is 9.61. The zero-order valence-electron chi connectivity index (χ0n) is 19.0. The van der Waals surface area contributed by atoms with E-state index >= 15 is 0 Å². The normalized spacial score (nSPS) is 18.5. The van der Waals surface area contributed by atoms with Gasteiger partial charge in [0.05, 0.1) is 11.9 Å². The molecule has 35 heavy (non-hydrogen) atoms. The van der Waals surface area contributed by atoms with E-state index in [2.05, 4.69) is 40.0 Å². The Bertz CT molecular complexity index is 1220. The highest BCUT2D eigenvalue weighted by Crippen LogP contribution is 2.44. The molecule has 2 aromatic carbocycles. The molecule has 0 bridgehead atoms. The fraction of sp³-hybridized carbons (Fsp3) is 0.308. The SMILES string of the molecule is O=C(O)Cn1cc(NC(=O)C2CCC(NC(=O)OCC3c4ccccc4-c4ccccc43)C2)cn1. The molecule has 180 valence electrons. The van der Waals surface area contributed by atoms with Crippen LogP contribution in [0.15, 0.2) is 60.9 Å². The van der Waals surface area contributed by atoms with Crippen molar-refractivity contribution in [3.05, 3.63) is 72.1 Å². The van der Waals surface area contributed by atoms with Gasteiger partial charge in [-0.2, -0.15) is 5.10 Å². The molecule has 1 heterocycles. The van der Waals surface area contributed by atoms with Gasteiger partial charge in [-0.25, -0.2) is 4.79 Å². The Morgan fingerprint density at radius 3 is 2.40 bits per heavy atom. The number of nitrogens with one attached hydrogen (secondary N) is 2. The molecular formula is C26H26N4O5. The molecule has 2 amide bonds. The molecule has 2 aliphatic carbocycles. The summed E-state index contributed by atoms with van der Waals surface area (Å²) < 4.78 is 6.86. The predicted molar refractivity (Wildman–Crippen MR) is 128 cm³/mol. The van der Waals surface area contributed by atoms with Gasteiger partial charge in [0, 0.05) is 24.1 Å². The molecule has 0 aliphatic heterocycles. The van der Waals surface area contributed by atoms with Crippen LogP contribution in [0.1, 0.15) is 36.3 Å². The van der Waals surface area contributed by atoms with Crippen molar-refractivity contribution in [2.45, 2.75) is 37.8 Å². The first-order valence-corrected chi connectivity index (χ1v) is 11.6. The van der Waals surface area contributed by atoms with E-state index in [4.69, 9.17) is 9.84 Å². The van der Waals surface area contributed by atoms with Gasteiger partial charge >= 0.3 is 12.1 Å². The molecule has 1 saturated carbocycles. The maximum Gasteiger partial charge on any atom is 0.407 e. The van der Waals surface area contributed by atoms with Crippen LogP contribution in [0.2, 0.25) is 0 Å². The zero-order chi connectivity index (χ0) is 24.4. The third kappa shape index (κ3) is 4.89. The second-order valence-corrected chi connectivity index (χ2v) is 8.99. The van der Waals surface area contributed by atoms with Gasteiger partial charge in [0.2, 0.25) is 5.91 Å². The monoisotopic (exact) mass is 474 g/mol. The van der Waals surface area contributed by atoms with Crippen LogP contribution in [-0.4, -0.2) is 45.5 Å². The van der Waals surface area contributed by atoms with Gasteiger partial charge in [-0.3, -0.25) is 14.3 Å². The average Bonchev–Trinajstić information content (AvgIpc) is 3.55. The van der Waals surface area contributed by atoms with E-state index in [0.29, 0.717) is 24.9 Å². The van der Waals surface area contributed by atoms with Crippen molar-refractivity contribution in [2.75, 3.05) is 11.9 Å². The number of hydrogen-bond acceptors (Lipinski definition) is 5. The number of alkyl carbamates (subject to hydrolysis) is 1. The smallest absolute Gasteiger partial charge is 0.407 e. The quantitative estimate of drug-likeness (QED) is 0.481.